The van der Waals surface area contributed by atoms with E-state index < -0.39 is 8.32 Å². The molecule has 3 atom stereocenters. The topological polar surface area (TPSA) is 29.5 Å². The molecule has 1 heterocycles. The number of carbonyl (C=O) groups excluding carboxylic acids is 1. The first kappa shape index (κ1) is 23.3. The fourth-order valence-corrected chi connectivity index (χ4v) is 5.76. The molecule has 1 aliphatic rings. The van der Waals surface area contributed by atoms with E-state index in [1.807, 2.05) is 30.0 Å². The van der Waals surface area contributed by atoms with Crippen molar-refractivity contribution in [3.05, 3.63) is 48.6 Å². The summed E-state index contributed by atoms with van der Waals surface area (Å²) in [7, 11) is -2.01. The van der Waals surface area contributed by atoms with Crippen molar-refractivity contribution < 1.29 is 9.22 Å². The summed E-state index contributed by atoms with van der Waals surface area (Å²) in [6.45, 7) is 16.9. The normalized spacial score (nSPS) is 20.1. The highest BCUT2D eigenvalue weighted by Crippen LogP contribution is 2.38. The monoisotopic (exact) mass is 435 g/mol. The summed E-state index contributed by atoms with van der Waals surface area (Å²) in [5.74, 6) is 0.565. The smallest absolute Gasteiger partial charge is 0.234 e. The molecule has 1 aromatic rings. The van der Waals surface area contributed by atoms with Gasteiger partial charge in [-0.05, 0) is 30.1 Å². The van der Waals surface area contributed by atoms with Crippen LogP contribution in [0.25, 0.3) is 0 Å². The molecule has 1 aliphatic heterocycles. The largest absolute Gasteiger partial charge is 0.410 e. The lowest BCUT2D eigenvalue weighted by molar-refractivity contribution is -0.134. The van der Waals surface area contributed by atoms with E-state index in [9.17, 15) is 4.79 Å². The van der Waals surface area contributed by atoms with Crippen LogP contribution in [0.1, 0.15) is 33.3 Å². The van der Waals surface area contributed by atoms with E-state index in [1.165, 1.54) is 5.56 Å². The van der Waals surface area contributed by atoms with Crippen molar-refractivity contribution in [2.45, 2.75) is 64.4 Å². The van der Waals surface area contributed by atoms with Gasteiger partial charge in [0.25, 0.3) is 0 Å². The maximum atomic E-state index is 13.4. The molecule has 2 rings (SSSR count). The average Bonchev–Trinajstić information content (AvgIpc) is 2.98. The lowest BCUT2D eigenvalue weighted by Gasteiger charge is -2.40. The van der Waals surface area contributed by atoms with Crippen LogP contribution >= 0.6 is 24.0 Å². The Morgan fingerprint density at radius 3 is 2.54 bits per heavy atom. The number of hydrogen-bond donors (Lipinski definition) is 0. The molecule has 1 fully saturated rings. The molecule has 3 nitrogen and oxygen atoms in total. The molecule has 6 heteroatoms. The van der Waals surface area contributed by atoms with E-state index in [1.54, 1.807) is 17.8 Å². The molecule has 0 saturated carbocycles. The van der Waals surface area contributed by atoms with Gasteiger partial charge in [-0.2, -0.15) is 0 Å². The molecule has 1 amide bonds. The molecule has 1 aromatic carbocycles. The summed E-state index contributed by atoms with van der Waals surface area (Å²) in [4.78, 5) is 15.2. The highest BCUT2D eigenvalue weighted by Gasteiger charge is 2.43. The van der Waals surface area contributed by atoms with Gasteiger partial charge < -0.3 is 4.43 Å². The van der Waals surface area contributed by atoms with Crippen LogP contribution in [0.2, 0.25) is 18.1 Å². The highest BCUT2D eigenvalue weighted by atomic mass is 32.2. The van der Waals surface area contributed by atoms with E-state index in [0.717, 1.165) is 12.2 Å². The third-order valence-corrected chi connectivity index (χ3v) is 11.9. The first-order valence-corrected chi connectivity index (χ1v) is 14.1. The third kappa shape index (κ3) is 5.35. The van der Waals surface area contributed by atoms with E-state index in [0.29, 0.717) is 4.32 Å². The quantitative estimate of drug-likeness (QED) is 0.313. The molecule has 1 saturated heterocycles. The molecule has 0 bridgehead atoms. The van der Waals surface area contributed by atoms with Crippen LogP contribution in [0, 0.1) is 5.92 Å². The standard InChI is InChI=1S/C22H33NO2S2Si/c1-8-19(25-28(6,7)22(3,4)5)16(2)20(24)23-18(15-27-21(23)26)14-17-12-10-9-11-13-17/h8-13,16,18-19H,1,14-15H2,2-7H3/t16-,18-,19+/m0/s1. The maximum Gasteiger partial charge on any atom is 0.234 e. The Kier molecular flexibility index (Phi) is 7.70. The second kappa shape index (κ2) is 9.24. The van der Waals surface area contributed by atoms with Crippen LogP contribution in [0.4, 0.5) is 0 Å². The number of nitrogens with zero attached hydrogens (tertiary/aromatic N) is 1. The Hall–Kier alpha value is -0.953. The lowest BCUT2D eigenvalue weighted by atomic mass is 10.0. The summed E-state index contributed by atoms with van der Waals surface area (Å²) in [6.07, 6.45) is 2.29. The molecule has 0 spiro atoms. The number of thiocarbonyl (C=S) groups is 1. The first-order valence-electron chi connectivity index (χ1n) is 9.82. The minimum atomic E-state index is -2.01. The molecule has 0 aliphatic carbocycles. The Balaban J connectivity index is 2.16. The molecule has 0 N–H and O–H groups in total. The van der Waals surface area contributed by atoms with Gasteiger partial charge in [-0.25, -0.2) is 0 Å². The van der Waals surface area contributed by atoms with Crippen LogP contribution in [0.5, 0.6) is 0 Å². The average molecular weight is 436 g/mol. The summed E-state index contributed by atoms with van der Waals surface area (Å²) in [6, 6.07) is 10.4. The van der Waals surface area contributed by atoms with Gasteiger partial charge in [0, 0.05) is 5.75 Å². The van der Waals surface area contributed by atoms with Crippen LogP contribution < -0.4 is 0 Å². The number of rotatable bonds is 7. The number of hydrogen-bond acceptors (Lipinski definition) is 4. The van der Waals surface area contributed by atoms with Gasteiger partial charge in [-0.3, -0.25) is 9.69 Å². The SMILES string of the molecule is C=C[C@@H](O[Si](C)(C)C(C)(C)C)[C@H](C)C(=O)N1C(=S)SC[C@@H]1Cc1ccccc1. The number of amides is 1. The fourth-order valence-electron chi connectivity index (χ4n) is 3.00. The molecular formula is C22H33NO2S2Si. The van der Waals surface area contributed by atoms with E-state index >= 15 is 0 Å². The number of benzene rings is 1. The Morgan fingerprint density at radius 2 is 2.00 bits per heavy atom. The van der Waals surface area contributed by atoms with Crippen molar-refractivity contribution in [2.24, 2.45) is 5.92 Å². The Labute approximate surface area is 181 Å². The van der Waals surface area contributed by atoms with Crippen molar-refractivity contribution >= 4 is 42.5 Å². The van der Waals surface area contributed by atoms with Crippen LogP contribution in [0.3, 0.4) is 0 Å². The van der Waals surface area contributed by atoms with Gasteiger partial charge in [-0.15, -0.1) is 6.58 Å². The summed E-state index contributed by atoms with van der Waals surface area (Å²) in [5, 5.41) is 0.0751. The van der Waals surface area contributed by atoms with E-state index in [4.69, 9.17) is 16.6 Å². The second-order valence-corrected chi connectivity index (χ2v) is 15.4. The van der Waals surface area contributed by atoms with Gasteiger partial charge in [0.15, 0.2) is 8.32 Å². The molecule has 0 unspecified atom stereocenters. The van der Waals surface area contributed by atoms with Crippen LogP contribution in [-0.4, -0.2) is 41.3 Å². The molecule has 28 heavy (non-hydrogen) atoms. The van der Waals surface area contributed by atoms with Gasteiger partial charge in [-0.1, -0.05) is 88.1 Å². The Morgan fingerprint density at radius 1 is 1.39 bits per heavy atom. The summed E-state index contributed by atoms with van der Waals surface area (Å²) in [5.41, 5.74) is 1.22. The van der Waals surface area contributed by atoms with Crippen LogP contribution in [-0.2, 0) is 15.6 Å². The van der Waals surface area contributed by atoms with Crippen molar-refractivity contribution in [3.63, 3.8) is 0 Å². The van der Waals surface area contributed by atoms with Crippen molar-refractivity contribution in [1.82, 2.24) is 4.90 Å². The third-order valence-electron chi connectivity index (χ3n) is 5.86. The predicted octanol–water partition coefficient (Wildman–Crippen LogP) is 5.67. The number of carbonyl (C=O) groups is 1. The van der Waals surface area contributed by atoms with Crippen molar-refractivity contribution in [2.75, 3.05) is 5.75 Å². The molecular weight excluding hydrogens is 402 g/mol. The summed E-state index contributed by atoms with van der Waals surface area (Å²) >= 11 is 7.12. The Bertz CT molecular complexity index is 715. The zero-order valence-corrected chi connectivity index (χ0v) is 20.5. The minimum Gasteiger partial charge on any atom is -0.410 e. The van der Waals surface area contributed by atoms with E-state index in [2.05, 4.69) is 52.6 Å². The van der Waals surface area contributed by atoms with E-state index in [-0.39, 0.29) is 29.0 Å². The van der Waals surface area contributed by atoms with Gasteiger partial charge >= 0.3 is 0 Å². The maximum absolute atomic E-state index is 13.4. The van der Waals surface area contributed by atoms with Crippen molar-refractivity contribution in [3.8, 4) is 0 Å². The van der Waals surface area contributed by atoms with Gasteiger partial charge in [0.05, 0.1) is 18.1 Å². The summed E-state index contributed by atoms with van der Waals surface area (Å²) < 4.78 is 7.18. The molecule has 154 valence electrons. The zero-order chi connectivity index (χ0) is 21.1. The van der Waals surface area contributed by atoms with Crippen molar-refractivity contribution in [1.29, 1.82) is 0 Å². The first-order chi connectivity index (χ1) is 13.0. The molecule has 0 aromatic heterocycles. The van der Waals surface area contributed by atoms with Crippen LogP contribution in [0.15, 0.2) is 43.0 Å². The fraction of sp³-hybridized carbons (Fsp3) is 0.545. The lowest BCUT2D eigenvalue weighted by Crippen LogP contribution is -2.49. The predicted molar refractivity (Wildman–Crippen MR) is 127 cm³/mol. The molecule has 0 radical (unpaired) electrons. The minimum absolute atomic E-state index is 0.0412. The zero-order valence-electron chi connectivity index (χ0n) is 17.9. The highest BCUT2D eigenvalue weighted by molar-refractivity contribution is 8.23. The second-order valence-electron chi connectivity index (χ2n) is 9.00. The number of thioether (sulfide) groups is 1. The van der Waals surface area contributed by atoms with Gasteiger partial charge in [0.1, 0.15) is 4.32 Å². The van der Waals surface area contributed by atoms with Gasteiger partial charge in [0.2, 0.25) is 5.91 Å².